The molecule has 0 aromatic rings. The van der Waals surface area contributed by atoms with Crippen LogP contribution in [0.15, 0.2) is 0 Å². The summed E-state index contributed by atoms with van der Waals surface area (Å²) in [6, 6.07) is 0. The molecule has 0 aliphatic carbocycles. The van der Waals surface area contributed by atoms with Gasteiger partial charge in [0.2, 0.25) is 0 Å². The largest absolute Gasteiger partial charge is 0.276 e. The fourth-order valence-electron chi connectivity index (χ4n) is 0.724. The monoisotopic (exact) mass is 218 g/mol. The summed E-state index contributed by atoms with van der Waals surface area (Å²) in [5, 5.41) is 0. The Morgan fingerprint density at radius 1 is 1.36 bits per heavy atom. The van der Waals surface area contributed by atoms with Crippen molar-refractivity contribution in [1.29, 1.82) is 0 Å². The molecule has 0 saturated heterocycles. The number of terminal acetylenes is 1. The van der Waals surface area contributed by atoms with Crippen LogP contribution in [0.4, 0.5) is 0 Å². The molecular weight excluding hydrogens is 200 g/mol. The highest BCUT2D eigenvalue weighted by Gasteiger charge is 2.07. The maximum absolute atomic E-state index is 11.2. The fraction of sp³-hybridized carbons (Fsp3) is 0.778. The molecule has 0 aliphatic heterocycles. The van der Waals surface area contributed by atoms with E-state index in [1.54, 1.807) is 0 Å². The van der Waals surface area contributed by atoms with Gasteiger partial charge in [0.05, 0.1) is 0 Å². The van der Waals surface area contributed by atoms with Crippen molar-refractivity contribution in [2.24, 2.45) is 5.92 Å². The molecule has 0 aromatic heterocycles. The second kappa shape index (κ2) is 6.82. The van der Waals surface area contributed by atoms with Crippen molar-refractivity contribution < 1.29 is 8.42 Å². The topological polar surface area (TPSA) is 58.2 Å². The van der Waals surface area contributed by atoms with Crippen molar-refractivity contribution >= 4 is 10.2 Å². The van der Waals surface area contributed by atoms with Crippen LogP contribution >= 0.6 is 0 Å². The summed E-state index contributed by atoms with van der Waals surface area (Å²) < 4.78 is 27.3. The number of unbranched alkanes of at least 4 members (excludes halogenated alkanes) is 1. The zero-order valence-electron chi connectivity index (χ0n) is 8.71. The first-order chi connectivity index (χ1) is 6.48. The maximum Gasteiger partial charge on any atom is 0.276 e. The molecule has 0 atom stereocenters. The molecule has 0 spiro atoms. The van der Waals surface area contributed by atoms with Crippen LogP contribution in [0.5, 0.6) is 0 Å². The third-order valence-corrected chi connectivity index (χ3v) is 2.60. The van der Waals surface area contributed by atoms with Crippen molar-refractivity contribution in [3.63, 3.8) is 0 Å². The fourth-order valence-corrected chi connectivity index (χ4v) is 1.79. The molecule has 0 bridgehead atoms. The molecule has 0 fully saturated rings. The van der Waals surface area contributed by atoms with E-state index >= 15 is 0 Å². The van der Waals surface area contributed by atoms with Crippen LogP contribution < -0.4 is 9.44 Å². The van der Waals surface area contributed by atoms with Gasteiger partial charge in [-0.25, -0.2) is 9.44 Å². The summed E-state index contributed by atoms with van der Waals surface area (Å²) in [7, 11) is -3.33. The minimum Gasteiger partial charge on any atom is -0.202 e. The molecule has 4 nitrogen and oxygen atoms in total. The molecule has 0 rings (SSSR count). The molecule has 14 heavy (non-hydrogen) atoms. The lowest BCUT2D eigenvalue weighted by Gasteiger charge is -2.09. The van der Waals surface area contributed by atoms with Crippen molar-refractivity contribution in [2.75, 3.05) is 13.1 Å². The van der Waals surface area contributed by atoms with Crippen LogP contribution in [0.3, 0.4) is 0 Å². The van der Waals surface area contributed by atoms with Gasteiger partial charge in [0, 0.05) is 19.5 Å². The van der Waals surface area contributed by atoms with Gasteiger partial charge in [0.1, 0.15) is 0 Å². The van der Waals surface area contributed by atoms with Crippen LogP contribution in [-0.4, -0.2) is 21.5 Å². The first-order valence-electron chi connectivity index (χ1n) is 4.65. The molecule has 0 aromatic carbocycles. The quantitative estimate of drug-likeness (QED) is 0.482. The Kier molecular flexibility index (Phi) is 6.54. The van der Waals surface area contributed by atoms with E-state index in [2.05, 4.69) is 15.4 Å². The zero-order chi connectivity index (χ0) is 11.0. The van der Waals surface area contributed by atoms with E-state index in [4.69, 9.17) is 6.42 Å². The minimum atomic E-state index is -3.33. The van der Waals surface area contributed by atoms with Crippen LogP contribution in [0.1, 0.15) is 26.7 Å². The van der Waals surface area contributed by atoms with Crippen LogP contribution in [0, 0.1) is 18.3 Å². The molecule has 0 amide bonds. The lowest BCUT2D eigenvalue weighted by Crippen LogP contribution is -2.38. The summed E-state index contributed by atoms with van der Waals surface area (Å²) >= 11 is 0. The third-order valence-electron chi connectivity index (χ3n) is 1.47. The predicted molar refractivity (Wildman–Crippen MR) is 57.8 cm³/mol. The van der Waals surface area contributed by atoms with E-state index < -0.39 is 10.2 Å². The van der Waals surface area contributed by atoms with E-state index in [0.717, 1.165) is 0 Å². The van der Waals surface area contributed by atoms with Gasteiger partial charge in [-0.2, -0.15) is 8.42 Å². The van der Waals surface area contributed by atoms with Gasteiger partial charge in [-0.05, 0) is 12.3 Å². The predicted octanol–water partition coefficient (Wildman–Crippen LogP) is 0.480. The van der Waals surface area contributed by atoms with E-state index in [-0.39, 0.29) is 0 Å². The Hall–Kier alpha value is -0.570. The van der Waals surface area contributed by atoms with E-state index in [1.807, 2.05) is 13.8 Å². The second-order valence-corrected chi connectivity index (χ2v) is 5.03. The summed E-state index contributed by atoms with van der Waals surface area (Å²) in [5.74, 6) is 2.75. The summed E-state index contributed by atoms with van der Waals surface area (Å²) in [4.78, 5) is 0. The smallest absolute Gasteiger partial charge is 0.202 e. The first kappa shape index (κ1) is 13.4. The van der Waals surface area contributed by atoms with Crippen molar-refractivity contribution in [1.82, 2.24) is 9.44 Å². The van der Waals surface area contributed by atoms with Crippen molar-refractivity contribution in [2.45, 2.75) is 26.7 Å². The Morgan fingerprint density at radius 3 is 2.50 bits per heavy atom. The van der Waals surface area contributed by atoms with E-state index in [1.165, 1.54) is 0 Å². The average molecular weight is 218 g/mol. The first-order valence-corrected chi connectivity index (χ1v) is 6.14. The molecule has 5 heteroatoms. The molecule has 0 heterocycles. The molecule has 82 valence electrons. The Balaban J connectivity index is 3.69. The SMILES string of the molecule is C#CCCCNS(=O)(=O)NCC(C)C. The molecular formula is C9H18N2O2S. The normalized spacial score (nSPS) is 11.6. The van der Waals surface area contributed by atoms with Gasteiger partial charge in [0.15, 0.2) is 0 Å². The number of hydrogen-bond donors (Lipinski definition) is 2. The van der Waals surface area contributed by atoms with Crippen LogP contribution in [0.2, 0.25) is 0 Å². The highest BCUT2D eigenvalue weighted by atomic mass is 32.2. The van der Waals surface area contributed by atoms with Crippen molar-refractivity contribution in [3.8, 4) is 12.3 Å². The molecule has 0 unspecified atom stereocenters. The lowest BCUT2D eigenvalue weighted by atomic mass is 10.2. The Morgan fingerprint density at radius 2 is 2.00 bits per heavy atom. The standard InChI is InChI=1S/C9H18N2O2S/c1-4-5-6-7-10-14(12,13)11-8-9(2)3/h1,9-11H,5-8H2,2-3H3. The Labute approximate surface area is 86.7 Å². The lowest BCUT2D eigenvalue weighted by molar-refractivity contribution is 0.546. The molecule has 0 radical (unpaired) electrons. The number of nitrogens with one attached hydrogen (secondary N) is 2. The number of hydrogen-bond acceptors (Lipinski definition) is 2. The van der Waals surface area contributed by atoms with E-state index in [9.17, 15) is 8.42 Å². The van der Waals surface area contributed by atoms with E-state index in [0.29, 0.717) is 31.8 Å². The zero-order valence-corrected chi connectivity index (χ0v) is 9.52. The molecule has 2 N–H and O–H groups in total. The van der Waals surface area contributed by atoms with Gasteiger partial charge >= 0.3 is 0 Å². The van der Waals surface area contributed by atoms with Crippen LogP contribution in [0.25, 0.3) is 0 Å². The molecule has 0 aliphatic rings. The van der Waals surface area contributed by atoms with Gasteiger partial charge in [-0.3, -0.25) is 0 Å². The van der Waals surface area contributed by atoms with Crippen molar-refractivity contribution in [3.05, 3.63) is 0 Å². The average Bonchev–Trinajstić information content (AvgIpc) is 2.10. The summed E-state index contributed by atoms with van der Waals surface area (Å²) in [6.07, 6.45) is 6.29. The minimum absolute atomic E-state index is 0.303. The second-order valence-electron chi connectivity index (χ2n) is 3.45. The third kappa shape index (κ3) is 8.05. The maximum atomic E-state index is 11.2. The van der Waals surface area contributed by atoms with Crippen LogP contribution in [-0.2, 0) is 10.2 Å². The Bertz CT molecular complexity index is 278. The summed E-state index contributed by atoms with van der Waals surface area (Å²) in [6.45, 7) is 4.73. The highest BCUT2D eigenvalue weighted by Crippen LogP contribution is 1.90. The summed E-state index contributed by atoms with van der Waals surface area (Å²) in [5.41, 5.74) is 0. The van der Waals surface area contributed by atoms with Gasteiger partial charge in [-0.15, -0.1) is 12.3 Å². The molecule has 0 saturated carbocycles. The number of rotatable bonds is 7. The van der Waals surface area contributed by atoms with Gasteiger partial charge in [-0.1, -0.05) is 13.8 Å². The van der Waals surface area contributed by atoms with Gasteiger partial charge < -0.3 is 0 Å². The highest BCUT2D eigenvalue weighted by molar-refractivity contribution is 7.87. The van der Waals surface area contributed by atoms with Gasteiger partial charge in [0.25, 0.3) is 10.2 Å².